The van der Waals surface area contributed by atoms with E-state index in [9.17, 15) is 9.59 Å². The molecule has 1 aliphatic carbocycles. The van der Waals surface area contributed by atoms with Crippen LogP contribution in [0.2, 0.25) is 0 Å². The summed E-state index contributed by atoms with van der Waals surface area (Å²) >= 11 is 0. The molecule has 0 bridgehead atoms. The lowest BCUT2D eigenvalue weighted by molar-refractivity contribution is -0.156. The van der Waals surface area contributed by atoms with E-state index in [0.717, 1.165) is 0 Å². The lowest BCUT2D eigenvalue weighted by Crippen LogP contribution is -2.50. The summed E-state index contributed by atoms with van der Waals surface area (Å²) in [5, 5.41) is 0. The van der Waals surface area contributed by atoms with E-state index in [1.807, 2.05) is 65.8 Å². The van der Waals surface area contributed by atoms with Crippen LogP contribution in [0.1, 0.15) is 65.0 Å². The first-order chi connectivity index (χ1) is 16.0. The topological polar surface area (TPSA) is 65.1 Å². The summed E-state index contributed by atoms with van der Waals surface area (Å²) in [6, 6.07) is 16.2. The van der Waals surface area contributed by atoms with Gasteiger partial charge in [-0.15, -0.1) is 0 Å². The first-order valence-corrected chi connectivity index (χ1v) is 12.0. The molecule has 4 rings (SSSR count). The molecule has 6 heteroatoms. The summed E-state index contributed by atoms with van der Waals surface area (Å²) < 4.78 is 17.3. The van der Waals surface area contributed by atoms with Gasteiger partial charge in [-0.25, -0.2) is 4.79 Å². The molecule has 0 spiro atoms. The maximum Gasteiger partial charge on any atom is 0.412 e. The number of ether oxygens (including phenoxy) is 3. The van der Waals surface area contributed by atoms with Crippen LogP contribution in [-0.4, -0.2) is 47.5 Å². The van der Waals surface area contributed by atoms with Crippen LogP contribution in [0.3, 0.4) is 0 Å². The summed E-state index contributed by atoms with van der Waals surface area (Å²) in [5.41, 5.74) is 3.34. The number of carbonyl (C=O) groups excluding carboxylic acids is 2. The third kappa shape index (κ3) is 4.83. The van der Waals surface area contributed by atoms with Crippen LogP contribution in [0.25, 0.3) is 11.1 Å². The molecule has 0 unspecified atom stereocenters. The van der Waals surface area contributed by atoms with Crippen LogP contribution in [0, 0.1) is 5.92 Å². The predicted octanol–water partition coefficient (Wildman–Crippen LogP) is 5.74. The van der Waals surface area contributed by atoms with Crippen molar-refractivity contribution < 1.29 is 23.8 Å². The van der Waals surface area contributed by atoms with Crippen molar-refractivity contribution in [2.24, 2.45) is 5.92 Å². The van der Waals surface area contributed by atoms with Crippen LogP contribution < -0.4 is 0 Å². The predicted molar refractivity (Wildman–Crippen MR) is 130 cm³/mol. The number of hydrogen-bond donors (Lipinski definition) is 0. The van der Waals surface area contributed by atoms with Crippen LogP contribution in [-0.2, 0) is 19.0 Å². The molecule has 1 heterocycles. The second-order valence-corrected chi connectivity index (χ2v) is 10.8. The van der Waals surface area contributed by atoms with E-state index in [-0.39, 0.29) is 36.9 Å². The molecule has 6 nitrogen and oxygen atoms in total. The fourth-order valence-corrected chi connectivity index (χ4v) is 5.05. The van der Waals surface area contributed by atoms with Gasteiger partial charge in [0, 0.05) is 5.92 Å². The molecule has 34 heavy (non-hydrogen) atoms. The van der Waals surface area contributed by atoms with Gasteiger partial charge in [-0.2, -0.15) is 0 Å². The molecular weight excluding hydrogens is 430 g/mol. The number of amides is 1. The SMILES string of the molecule is C[C@H](CC(=O)OC(C)(C)C)[C@H]1COC(C)(C)N1C(=O)OCC1c2ccccc2-c2ccccc21. The van der Waals surface area contributed by atoms with Gasteiger partial charge < -0.3 is 14.2 Å². The van der Waals surface area contributed by atoms with Gasteiger partial charge in [-0.3, -0.25) is 9.69 Å². The first kappa shape index (κ1) is 24.3. The van der Waals surface area contributed by atoms with Crippen molar-refractivity contribution in [3.05, 3.63) is 59.7 Å². The molecule has 2 atom stereocenters. The Kier molecular flexibility index (Phi) is 6.47. The highest BCUT2D eigenvalue weighted by molar-refractivity contribution is 5.79. The molecular formula is C28H35NO5. The minimum absolute atomic E-state index is 0.0133. The van der Waals surface area contributed by atoms with Crippen molar-refractivity contribution in [1.29, 1.82) is 0 Å². The fourth-order valence-electron chi connectivity index (χ4n) is 5.05. The number of hydrogen-bond acceptors (Lipinski definition) is 5. The summed E-state index contributed by atoms with van der Waals surface area (Å²) in [4.78, 5) is 27.4. The Labute approximate surface area is 202 Å². The number of nitrogens with zero attached hydrogens (tertiary/aromatic N) is 1. The van der Waals surface area contributed by atoms with Gasteiger partial charge in [-0.1, -0.05) is 55.5 Å². The van der Waals surface area contributed by atoms with Crippen molar-refractivity contribution in [2.75, 3.05) is 13.2 Å². The van der Waals surface area contributed by atoms with Crippen molar-refractivity contribution in [2.45, 2.75) is 71.2 Å². The van der Waals surface area contributed by atoms with Crippen molar-refractivity contribution in [3.8, 4) is 11.1 Å². The van der Waals surface area contributed by atoms with E-state index in [2.05, 4.69) is 24.3 Å². The summed E-state index contributed by atoms with van der Waals surface area (Å²) in [7, 11) is 0. The number of carbonyl (C=O) groups is 2. The monoisotopic (exact) mass is 465 g/mol. The van der Waals surface area contributed by atoms with Crippen molar-refractivity contribution >= 4 is 12.1 Å². The van der Waals surface area contributed by atoms with Gasteiger partial charge in [0.25, 0.3) is 0 Å². The van der Waals surface area contributed by atoms with Gasteiger partial charge in [0.2, 0.25) is 0 Å². The largest absolute Gasteiger partial charge is 0.460 e. The molecule has 1 aliphatic heterocycles. The molecule has 2 aromatic carbocycles. The molecule has 182 valence electrons. The second-order valence-electron chi connectivity index (χ2n) is 10.8. The van der Waals surface area contributed by atoms with Gasteiger partial charge >= 0.3 is 12.1 Å². The Morgan fingerprint density at radius 3 is 2.18 bits per heavy atom. The van der Waals surface area contributed by atoms with E-state index in [0.29, 0.717) is 6.61 Å². The third-order valence-corrected chi connectivity index (χ3v) is 6.62. The molecule has 1 fully saturated rings. The molecule has 0 radical (unpaired) electrons. The van der Waals surface area contributed by atoms with Gasteiger partial charge in [0.1, 0.15) is 17.9 Å². The Morgan fingerprint density at radius 2 is 1.62 bits per heavy atom. The van der Waals surface area contributed by atoms with E-state index in [1.54, 1.807) is 4.90 Å². The van der Waals surface area contributed by atoms with Crippen LogP contribution in [0.15, 0.2) is 48.5 Å². The number of fused-ring (bicyclic) bond motifs is 3. The lowest BCUT2D eigenvalue weighted by atomic mass is 9.97. The highest BCUT2D eigenvalue weighted by Crippen LogP contribution is 2.44. The van der Waals surface area contributed by atoms with Crippen LogP contribution in [0.4, 0.5) is 4.79 Å². The second kappa shape index (κ2) is 9.06. The molecule has 1 amide bonds. The summed E-state index contributed by atoms with van der Waals surface area (Å²) in [6.07, 6.45) is -0.223. The highest BCUT2D eigenvalue weighted by atomic mass is 16.6. The Bertz CT molecular complexity index is 1020. The molecule has 0 saturated carbocycles. The smallest absolute Gasteiger partial charge is 0.412 e. The fraction of sp³-hybridized carbons (Fsp3) is 0.500. The zero-order valence-electron chi connectivity index (χ0n) is 21.0. The average molecular weight is 466 g/mol. The van der Waals surface area contributed by atoms with Crippen molar-refractivity contribution in [3.63, 3.8) is 0 Å². The summed E-state index contributed by atoms with van der Waals surface area (Å²) in [6.45, 7) is 11.8. The Hall–Kier alpha value is -2.86. The number of esters is 1. The standard InChI is InChI=1S/C28H35NO5/c1-18(15-25(30)34-27(2,3)4)24-17-33-28(5,6)29(24)26(31)32-16-23-21-13-9-7-11-19(21)20-12-8-10-14-22(20)23/h7-14,18,23-24H,15-17H2,1-6H3/t18-,24-/m1/s1. The quantitative estimate of drug-likeness (QED) is 0.527. The lowest BCUT2D eigenvalue weighted by Gasteiger charge is -2.35. The third-order valence-electron chi connectivity index (χ3n) is 6.62. The molecule has 0 N–H and O–H groups in total. The number of benzene rings is 2. The van der Waals surface area contributed by atoms with E-state index >= 15 is 0 Å². The van der Waals surface area contributed by atoms with Crippen molar-refractivity contribution in [1.82, 2.24) is 4.90 Å². The van der Waals surface area contributed by atoms with Gasteiger partial charge in [0.15, 0.2) is 0 Å². The molecule has 2 aliphatic rings. The van der Waals surface area contributed by atoms with E-state index in [4.69, 9.17) is 14.2 Å². The highest BCUT2D eigenvalue weighted by Gasteiger charge is 2.47. The van der Waals surface area contributed by atoms with E-state index < -0.39 is 17.4 Å². The maximum atomic E-state index is 13.4. The normalized spacial score (nSPS) is 19.9. The Morgan fingerprint density at radius 1 is 1.06 bits per heavy atom. The van der Waals surface area contributed by atoms with E-state index in [1.165, 1.54) is 22.3 Å². The molecule has 0 aromatic heterocycles. The minimum atomic E-state index is -0.824. The van der Waals surface area contributed by atoms with Gasteiger partial charge in [-0.05, 0) is 62.8 Å². The van der Waals surface area contributed by atoms with Crippen LogP contribution >= 0.6 is 0 Å². The summed E-state index contributed by atoms with van der Waals surface area (Å²) in [5.74, 6) is -0.435. The maximum absolute atomic E-state index is 13.4. The molecule has 1 saturated heterocycles. The zero-order chi connectivity index (χ0) is 24.7. The zero-order valence-corrected chi connectivity index (χ0v) is 21.0. The molecule has 2 aromatic rings. The first-order valence-electron chi connectivity index (χ1n) is 12.0. The van der Waals surface area contributed by atoms with Gasteiger partial charge in [0.05, 0.1) is 19.1 Å². The Balaban J connectivity index is 1.47. The minimum Gasteiger partial charge on any atom is -0.460 e. The van der Waals surface area contributed by atoms with Crippen LogP contribution in [0.5, 0.6) is 0 Å². The number of rotatable bonds is 5. The average Bonchev–Trinajstić information content (AvgIpc) is 3.24.